The molecule has 1 N–H and O–H groups in total. The van der Waals surface area contributed by atoms with Crippen molar-refractivity contribution in [2.75, 3.05) is 26.2 Å². The standard InChI is InChI=1S/C22H25N3O5S/c1-16-8-10-18(11-9-16)20(27)23-21(31(29,30)19-6-4-3-5-7-19)22(28)25-14-12-24(13-15-25)17(2)26/h3-11,21H,12-15H2,1-2H3,(H,23,27). The Labute approximate surface area is 181 Å². The Morgan fingerprint density at radius 3 is 1.97 bits per heavy atom. The number of sulfone groups is 1. The highest BCUT2D eigenvalue weighted by Gasteiger charge is 2.39. The van der Waals surface area contributed by atoms with E-state index in [0.29, 0.717) is 13.1 Å². The zero-order chi connectivity index (χ0) is 22.6. The summed E-state index contributed by atoms with van der Waals surface area (Å²) in [5.74, 6) is -1.47. The third-order valence-corrected chi connectivity index (χ3v) is 7.09. The van der Waals surface area contributed by atoms with E-state index in [2.05, 4.69) is 5.32 Å². The second kappa shape index (κ2) is 9.30. The van der Waals surface area contributed by atoms with Crippen LogP contribution in [-0.2, 0) is 19.4 Å². The van der Waals surface area contributed by atoms with E-state index in [1.165, 1.54) is 24.0 Å². The number of nitrogens with one attached hydrogen (secondary N) is 1. The van der Waals surface area contributed by atoms with Crippen LogP contribution >= 0.6 is 0 Å². The first kappa shape index (κ1) is 22.5. The molecule has 0 saturated carbocycles. The second-order valence-electron chi connectivity index (χ2n) is 7.41. The summed E-state index contributed by atoms with van der Waals surface area (Å²) in [6, 6.07) is 14.2. The average Bonchev–Trinajstić information content (AvgIpc) is 2.78. The van der Waals surface area contributed by atoms with Crippen LogP contribution in [-0.4, -0.2) is 67.5 Å². The summed E-state index contributed by atoms with van der Waals surface area (Å²) in [4.78, 5) is 40.5. The largest absolute Gasteiger partial charge is 0.339 e. The quantitative estimate of drug-likeness (QED) is 0.748. The van der Waals surface area contributed by atoms with Gasteiger partial charge < -0.3 is 15.1 Å². The van der Waals surface area contributed by atoms with E-state index in [9.17, 15) is 22.8 Å². The Morgan fingerprint density at radius 2 is 1.42 bits per heavy atom. The van der Waals surface area contributed by atoms with Crippen molar-refractivity contribution in [2.24, 2.45) is 0 Å². The predicted octanol–water partition coefficient (Wildman–Crippen LogP) is 1.22. The zero-order valence-corrected chi connectivity index (χ0v) is 18.3. The molecule has 31 heavy (non-hydrogen) atoms. The number of piperazine rings is 1. The first-order chi connectivity index (χ1) is 14.7. The maximum Gasteiger partial charge on any atom is 0.261 e. The van der Waals surface area contributed by atoms with Crippen molar-refractivity contribution in [1.29, 1.82) is 0 Å². The van der Waals surface area contributed by atoms with Crippen molar-refractivity contribution in [3.05, 3.63) is 65.7 Å². The van der Waals surface area contributed by atoms with E-state index in [1.54, 1.807) is 47.4 Å². The predicted molar refractivity (Wildman–Crippen MR) is 115 cm³/mol. The van der Waals surface area contributed by atoms with E-state index >= 15 is 0 Å². The molecule has 0 radical (unpaired) electrons. The number of hydrogen-bond donors (Lipinski definition) is 1. The van der Waals surface area contributed by atoms with Crippen LogP contribution in [0.25, 0.3) is 0 Å². The van der Waals surface area contributed by atoms with Gasteiger partial charge in [0.15, 0.2) is 0 Å². The Hall–Kier alpha value is -3.20. The van der Waals surface area contributed by atoms with E-state index < -0.39 is 27.0 Å². The minimum absolute atomic E-state index is 0.0556. The number of hydrogen-bond acceptors (Lipinski definition) is 5. The molecule has 3 amide bonds. The lowest BCUT2D eigenvalue weighted by atomic mass is 10.1. The van der Waals surface area contributed by atoms with Gasteiger partial charge in [0.1, 0.15) is 0 Å². The molecule has 8 nitrogen and oxygen atoms in total. The van der Waals surface area contributed by atoms with Crippen LogP contribution in [0.5, 0.6) is 0 Å². The van der Waals surface area contributed by atoms with E-state index in [0.717, 1.165) is 5.56 Å². The van der Waals surface area contributed by atoms with Crippen molar-refractivity contribution < 1.29 is 22.8 Å². The van der Waals surface area contributed by atoms with Crippen LogP contribution in [0, 0.1) is 6.92 Å². The maximum absolute atomic E-state index is 13.3. The highest BCUT2D eigenvalue weighted by Crippen LogP contribution is 2.18. The first-order valence-electron chi connectivity index (χ1n) is 9.91. The van der Waals surface area contributed by atoms with Gasteiger partial charge in [-0.25, -0.2) is 8.42 Å². The van der Waals surface area contributed by atoms with E-state index in [1.807, 2.05) is 6.92 Å². The van der Waals surface area contributed by atoms with E-state index in [4.69, 9.17) is 0 Å². The molecule has 2 aromatic rings. The minimum atomic E-state index is -4.19. The number of rotatable bonds is 5. The third kappa shape index (κ3) is 5.11. The van der Waals surface area contributed by atoms with Gasteiger partial charge in [-0.3, -0.25) is 14.4 Å². The lowest BCUT2D eigenvalue weighted by molar-refractivity contribution is -0.138. The number of benzene rings is 2. The van der Waals surface area contributed by atoms with Crippen LogP contribution < -0.4 is 5.32 Å². The fourth-order valence-electron chi connectivity index (χ4n) is 3.33. The number of nitrogens with zero attached hydrogens (tertiary/aromatic N) is 2. The molecule has 0 aliphatic carbocycles. The SMILES string of the molecule is CC(=O)N1CCN(C(=O)C(NC(=O)c2ccc(C)cc2)S(=O)(=O)c2ccccc2)CC1. The normalized spacial score (nSPS) is 15.3. The molecule has 1 atom stereocenters. The molecule has 1 aliphatic rings. The molecule has 164 valence electrons. The molecule has 2 aromatic carbocycles. The molecule has 1 aliphatic heterocycles. The fraction of sp³-hybridized carbons (Fsp3) is 0.318. The summed E-state index contributed by atoms with van der Waals surface area (Å²) >= 11 is 0. The summed E-state index contributed by atoms with van der Waals surface area (Å²) in [5.41, 5.74) is 1.21. The number of carbonyl (C=O) groups excluding carboxylic acids is 3. The first-order valence-corrected chi connectivity index (χ1v) is 11.5. The molecule has 1 heterocycles. The van der Waals surface area contributed by atoms with Gasteiger partial charge in [0.25, 0.3) is 11.8 Å². The molecule has 0 aromatic heterocycles. The maximum atomic E-state index is 13.3. The van der Waals surface area contributed by atoms with Crippen molar-refractivity contribution in [3.63, 3.8) is 0 Å². The van der Waals surface area contributed by atoms with E-state index in [-0.39, 0.29) is 29.5 Å². The molecule has 1 fully saturated rings. The Morgan fingerprint density at radius 1 is 0.871 bits per heavy atom. The lowest BCUT2D eigenvalue weighted by Gasteiger charge is -2.36. The molecular formula is C22H25N3O5S. The zero-order valence-electron chi connectivity index (χ0n) is 17.4. The Kier molecular flexibility index (Phi) is 6.74. The lowest BCUT2D eigenvalue weighted by Crippen LogP contribution is -2.57. The van der Waals surface area contributed by atoms with Crippen molar-refractivity contribution >= 4 is 27.6 Å². The van der Waals surface area contributed by atoms with Gasteiger partial charge in [0.05, 0.1) is 4.90 Å². The summed E-state index contributed by atoms with van der Waals surface area (Å²) in [6.07, 6.45) is 0. The minimum Gasteiger partial charge on any atom is -0.339 e. The summed E-state index contributed by atoms with van der Waals surface area (Å²) in [5, 5.41) is 0.653. The third-order valence-electron chi connectivity index (χ3n) is 5.22. The second-order valence-corrected chi connectivity index (χ2v) is 9.44. The van der Waals surface area contributed by atoms with Crippen molar-refractivity contribution in [3.8, 4) is 0 Å². The van der Waals surface area contributed by atoms with Gasteiger partial charge in [-0.05, 0) is 31.2 Å². The van der Waals surface area contributed by atoms with Crippen LogP contribution in [0.2, 0.25) is 0 Å². The Balaban J connectivity index is 1.89. The Bertz CT molecular complexity index is 1060. The fourth-order valence-corrected chi connectivity index (χ4v) is 4.82. The van der Waals surface area contributed by atoms with Gasteiger partial charge in [-0.2, -0.15) is 0 Å². The summed E-state index contributed by atoms with van der Waals surface area (Å²) in [6.45, 7) is 4.33. The van der Waals surface area contributed by atoms with Gasteiger partial charge in [-0.15, -0.1) is 0 Å². The molecule has 1 saturated heterocycles. The smallest absolute Gasteiger partial charge is 0.261 e. The molecule has 3 rings (SSSR count). The topological polar surface area (TPSA) is 104 Å². The molecular weight excluding hydrogens is 418 g/mol. The summed E-state index contributed by atoms with van der Waals surface area (Å²) < 4.78 is 26.6. The van der Waals surface area contributed by atoms with Crippen molar-refractivity contribution in [1.82, 2.24) is 15.1 Å². The highest BCUT2D eigenvalue weighted by molar-refractivity contribution is 7.92. The van der Waals surface area contributed by atoms with Gasteiger partial charge in [0, 0.05) is 38.7 Å². The van der Waals surface area contributed by atoms with Gasteiger partial charge in [-0.1, -0.05) is 35.9 Å². The highest BCUT2D eigenvalue weighted by atomic mass is 32.2. The number of carbonyl (C=O) groups is 3. The van der Waals surface area contributed by atoms with Crippen LogP contribution in [0.4, 0.5) is 0 Å². The monoisotopic (exact) mass is 443 g/mol. The van der Waals surface area contributed by atoms with Crippen LogP contribution in [0.1, 0.15) is 22.8 Å². The summed E-state index contributed by atoms with van der Waals surface area (Å²) in [7, 11) is -4.19. The molecule has 0 bridgehead atoms. The van der Waals surface area contributed by atoms with Gasteiger partial charge in [0.2, 0.25) is 21.1 Å². The van der Waals surface area contributed by atoms with Crippen LogP contribution in [0.15, 0.2) is 59.5 Å². The average molecular weight is 444 g/mol. The molecule has 0 spiro atoms. The van der Waals surface area contributed by atoms with Crippen LogP contribution in [0.3, 0.4) is 0 Å². The van der Waals surface area contributed by atoms with Crippen molar-refractivity contribution in [2.45, 2.75) is 24.1 Å². The number of aryl methyl sites for hydroxylation is 1. The molecule has 9 heteroatoms. The van der Waals surface area contributed by atoms with Gasteiger partial charge >= 0.3 is 0 Å². The number of amides is 3. The molecule has 1 unspecified atom stereocenters.